The second-order valence-corrected chi connectivity index (χ2v) is 6.11. The van der Waals surface area contributed by atoms with Crippen LogP contribution >= 0.6 is 0 Å². The topological polar surface area (TPSA) is 76.8 Å². The van der Waals surface area contributed by atoms with E-state index in [9.17, 15) is 4.79 Å². The fourth-order valence-electron chi connectivity index (χ4n) is 3.25. The molecule has 2 aliphatic rings. The molecule has 0 unspecified atom stereocenters. The van der Waals surface area contributed by atoms with Crippen LogP contribution in [-0.2, 0) is 4.79 Å². The highest BCUT2D eigenvalue weighted by Crippen LogP contribution is 2.34. The number of hydrogen-bond acceptors (Lipinski definition) is 6. The number of anilines is 1. The average molecular weight is 329 g/mol. The third-order valence-corrected chi connectivity index (χ3v) is 4.35. The lowest BCUT2D eigenvalue weighted by Gasteiger charge is -2.21. The number of carbonyl (C=O) groups is 1. The molecular weight excluding hydrogens is 310 g/mol. The second kappa shape index (κ2) is 6.16. The van der Waals surface area contributed by atoms with E-state index in [2.05, 4.69) is 15.4 Å². The van der Waals surface area contributed by atoms with Crippen molar-refractivity contribution in [2.24, 2.45) is 0 Å². The Morgan fingerprint density at radius 2 is 2.21 bits per heavy atom. The molecule has 1 saturated heterocycles. The molecule has 0 aliphatic carbocycles. The third kappa shape index (κ3) is 2.94. The first-order valence-electron chi connectivity index (χ1n) is 8.06. The molecular formula is C17H19N3O4. The van der Waals surface area contributed by atoms with Crippen LogP contribution in [0.3, 0.4) is 0 Å². The predicted molar refractivity (Wildman–Crippen MR) is 86.0 cm³/mol. The van der Waals surface area contributed by atoms with Gasteiger partial charge in [0.2, 0.25) is 12.7 Å². The highest BCUT2D eigenvalue weighted by atomic mass is 16.7. The van der Waals surface area contributed by atoms with Crippen LogP contribution in [0.1, 0.15) is 30.3 Å². The first-order valence-corrected chi connectivity index (χ1v) is 8.06. The molecule has 1 aromatic carbocycles. The van der Waals surface area contributed by atoms with Crippen molar-refractivity contribution in [2.45, 2.75) is 25.8 Å². The maximum absolute atomic E-state index is 12.4. The Morgan fingerprint density at radius 1 is 1.33 bits per heavy atom. The number of benzene rings is 1. The second-order valence-electron chi connectivity index (χ2n) is 6.11. The first-order chi connectivity index (χ1) is 11.7. The molecule has 0 radical (unpaired) electrons. The van der Waals surface area contributed by atoms with Gasteiger partial charge in [0.25, 0.3) is 0 Å². The van der Waals surface area contributed by atoms with Crippen molar-refractivity contribution in [2.75, 3.05) is 25.2 Å². The first kappa shape index (κ1) is 15.0. The Balaban J connectivity index is 1.40. The summed E-state index contributed by atoms with van der Waals surface area (Å²) in [6.07, 6.45) is 2.04. The number of ether oxygens (including phenoxy) is 2. The lowest BCUT2D eigenvalue weighted by molar-refractivity contribution is -0.117. The smallest absolute Gasteiger partial charge is 0.238 e. The van der Waals surface area contributed by atoms with Crippen molar-refractivity contribution in [3.05, 3.63) is 35.7 Å². The van der Waals surface area contributed by atoms with Crippen molar-refractivity contribution in [1.29, 1.82) is 0 Å². The van der Waals surface area contributed by atoms with Crippen molar-refractivity contribution in [3.8, 4) is 11.5 Å². The van der Waals surface area contributed by atoms with Crippen molar-refractivity contribution >= 4 is 11.6 Å². The monoisotopic (exact) mass is 329 g/mol. The molecule has 3 heterocycles. The zero-order valence-electron chi connectivity index (χ0n) is 13.4. The van der Waals surface area contributed by atoms with Crippen molar-refractivity contribution in [3.63, 3.8) is 0 Å². The van der Waals surface area contributed by atoms with Gasteiger partial charge in [0, 0.05) is 17.8 Å². The fourth-order valence-corrected chi connectivity index (χ4v) is 3.25. The number of nitrogens with zero attached hydrogens (tertiary/aromatic N) is 2. The molecule has 7 heteroatoms. The fraction of sp³-hybridized carbons (Fsp3) is 0.412. The van der Waals surface area contributed by atoms with E-state index in [0.29, 0.717) is 23.7 Å². The highest BCUT2D eigenvalue weighted by Gasteiger charge is 2.29. The van der Waals surface area contributed by atoms with Gasteiger partial charge in [0.15, 0.2) is 11.5 Å². The number of amides is 1. The molecule has 0 bridgehead atoms. The maximum atomic E-state index is 12.4. The van der Waals surface area contributed by atoms with E-state index in [1.54, 1.807) is 12.1 Å². The van der Waals surface area contributed by atoms with Gasteiger partial charge < -0.3 is 19.3 Å². The number of fused-ring (bicyclic) bond motifs is 1. The largest absolute Gasteiger partial charge is 0.454 e. The quantitative estimate of drug-likeness (QED) is 0.929. The van der Waals surface area contributed by atoms with Gasteiger partial charge in [-0.05, 0) is 38.4 Å². The zero-order chi connectivity index (χ0) is 16.5. The summed E-state index contributed by atoms with van der Waals surface area (Å²) in [5.74, 6) is 2.10. The minimum Gasteiger partial charge on any atom is -0.454 e. The van der Waals surface area contributed by atoms with E-state index < -0.39 is 0 Å². The summed E-state index contributed by atoms with van der Waals surface area (Å²) in [7, 11) is 0. The minimum absolute atomic E-state index is 0.0546. The van der Waals surface area contributed by atoms with Crippen LogP contribution in [-0.4, -0.2) is 35.8 Å². The molecule has 1 N–H and O–H groups in total. The number of aryl methyl sites for hydroxylation is 1. The normalized spacial score (nSPS) is 19.6. The molecule has 2 aromatic rings. The van der Waals surface area contributed by atoms with Gasteiger partial charge in [-0.15, -0.1) is 0 Å². The molecule has 0 saturated carbocycles. The Hall–Kier alpha value is -2.54. The predicted octanol–water partition coefficient (Wildman–Crippen LogP) is 2.49. The summed E-state index contributed by atoms with van der Waals surface area (Å²) in [6, 6.07) is 7.48. The summed E-state index contributed by atoms with van der Waals surface area (Å²) < 4.78 is 15.8. The molecule has 0 spiro atoms. The number of nitrogens with one attached hydrogen (secondary N) is 1. The Labute approximate surface area is 139 Å². The van der Waals surface area contributed by atoms with Gasteiger partial charge in [-0.25, -0.2) is 0 Å². The lowest BCUT2D eigenvalue weighted by atomic mass is 10.1. The van der Waals surface area contributed by atoms with Crippen molar-refractivity contribution < 1.29 is 18.8 Å². The van der Waals surface area contributed by atoms with E-state index in [0.717, 1.165) is 30.8 Å². The number of carbonyl (C=O) groups excluding carboxylic acids is 1. The van der Waals surface area contributed by atoms with E-state index in [1.807, 2.05) is 19.1 Å². The number of aromatic nitrogens is 1. The third-order valence-electron chi connectivity index (χ3n) is 4.35. The molecule has 1 aromatic heterocycles. The van der Waals surface area contributed by atoms with E-state index in [-0.39, 0.29) is 18.7 Å². The summed E-state index contributed by atoms with van der Waals surface area (Å²) in [6.45, 7) is 3.30. The van der Waals surface area contributed by atoms with Gasteiger partial charge in [0.1, 0.15) is 11.5 Å². The molecule has 1 atom stereocenters. The minimum atomic E-state index is -0.0546. The van der Waals surface area contributed by atoms with Crippen LogP contribution in [0.15, 0.2) is 28.8 Å². The molecule has 24 heavy (non-hydrogen) atoms. The van der Waals surface area contributed by atoms with Gasteiger partial charge >= 0.3 is 0 Å². The van der Waals surface area contributed by atoms with Crippen LogP contribution in [0.4, 0.5) is 5.69 Å². The summed E-state index contributed by atoms with van der Waals surface area (Å²) in [5, 5.41) is 7.02. The maximum Gasteiger partial charge on any atom is 0.238 e. The molecule has 4 rings (SSSR count). The standard InChI is InChI=1S/C17H19N3O4/c1-11-7-13(19-24-11)14-3-2-6-20(14)9-17(21)18-12-4-5-15-16(8-12)23-10-22-15/h4-5,7-8,14H,2-3,6,9-10H2,1H3,(H,18,21)/t14-/m0/s1. The van der Waals surface area contributed by atoms with Crippen LogP contribution in [0.5, 0.6) is 11.5 Å². The van der Waals surface area contributed by atoms with Crippen LogP contribution < -0.4 is 14.8 Å². The molecule has 2 aliphatic heterocycles. The van der Waals surface area contributed by atoms with Gasteiger partial charge in [-0.1, -0.05) is 5.16 Å². The molecule has 1 fully saturated rings. The number of rotatable bonds is 4. The van der Waals surface area contributed by atoms with Gasteiger partial charge in [0.05, 0.1) is 12.6 Å². The Bertz CT molecular complexity index is 758. The van der Waals surface area contributed by atoms with E-state index in [4.69, 9.17) is 14.0 Å². The van der Waals surface area contributed by atoms with Crippen LogP contribution in [0.2, 0.25) is 0 Å². The number of likely N-dealkylation sites (tertiary alicyclic amines) is 1. The van der Waals surface area contributed by atoms with Gasteiger partial charge in [-0.3, -0.25) is 9.69 Å². The Morgan fingerprint density at radius 3 is 3.04 bits per heavy atom. The zero-order valence-corrected chi connectivity index (χ0v) is 13.4. The molecule has 126 valence electrons. The SMILES string of the molecule is Cc1cc([C@@H]2CCCN2CC(=O)Nc2ccc3c(c2)OCO3)no1. The lowest BCUT2D eigenvalue weighted by Crippen LogP contribution is -2.33. The molecule has 1 amide bonds. The van der Waals surface area contributed by atoms with Gasteiger partial charge in [-0.2, -0.15) is 0 Å². The van der Waals surface area contributed by atoms with E-state index in [1.165, 1.54) is 0 Å². The van der Waals surface area contributed by atoms with Crippen molar-refractivity contribution in [1.82, 2.24) is 10.1 Å². The summed E-state index contributed by atoms with van der Waals surface area (Å²) in [5.41, 5.74) is 1.61. The van der Waals surface area contributed by atoms with Crippen LogP contribution in [0, 0.1) is 6.92 Å². The highest BCUT2D eigenvalue weighted by molar-refractivity contribution is 5.92. The van der Waals surface area contributed by atoms with E-state index >= 15 is 0 Å². The van der Waals surface area contributed by atoms with Crippen LogP contribution in [0.25, 0.3) is 0 Å². The summed E-state index contributed by atoms with van der Waals surface area (Å²) >= 11 is 0. The summed E-state index contributed by atoms with van der Waals surface area (Å²) in [4.78, 5) is 14.5. The average Bonchev–Trinajstić information content (AvgIpc) is 3.27. The molecule has 7 nitrogen and oxygen atoms in total. The number of hydrogen-bond donors (Lipinski definition) is 1. The Kier molecular flexibility index (Phi) is 3.86.